The molecule has 0 radical (unpaired) electrons. The van der Waals surface area contributed by atoms with Gasteiger partial charge in [0.15, 0.2) is 0 Å². The topological polar surface area (TPSA) is 89.0 Å². The SMILES string of the molecule is CC(C)OCCCNC(=O)C(=O)N/N=C\c1ccccc1OCc1ccc(Cl)c(Cl)c1. The van der Waals surface area contributed by atoms with Crippen molar-refractivity contribution in [2.45, 2.75) is 33.0 Å². The Hall–Kier alpha value is -2.61. The number of carbonyl (C=O) groups is 2. The molecule has 0 unspecified atom stereocenters. The summed E-state index contributed by atoms with van der Waals surface area (Å²) in [4.78, 5) is 23.6. The van der Waals surface area contributed by atoms with E-state index in [0.717, 1.165) is 5.56 Å². The van der Waals surface area contributed by atoms with E-state index in [4.69, 9.17) is 32.7 Å². The number of para-hydroxylation sites is 1. The Balaban J connectivity index is 1.83. The maximum Gasteiger partial charge on any atom is 0.329 e. The van der Waals surface area contributed by atoms with Gasteiger partial charge in [0.05, 0.1) is 22.4 Å². The van der Waals surface area contributed by atoms with E-state index < -0.39 is 11.8 Å². The lowest BCUT2D eigenvalue weighted by molar-refractivity contribution is -0.139. The maximum absolute atomic E-state index is 11.8. The molecule has 0 spiro atoms. The van der Waals surface area contributed by atoms with E-state index in [0.29, 0.717) is 40.9 Å². The zero-order valence-corrected chi connectivity index (χ0v) is 18.9. The smallest absolute Gasteiger partial charge is 0.329 e. The summed E-state index contributed by atoms with van der Waals surface area (Å²) < 4.78 is 11.2. The standard InChI is InChI=1S/C22H25Cl2N3O4/c1-15(2)30-11-5-10-25-21(28)22(29)27-26-13-17-6-3-4-7-20(17)31-14-16-8-9-18(23)19(24)12-16/h3-4,6-9,12-13,15H,5,10-11,14H2,1-2H3,(H,25,28)(H,27,29)/b26-13-. The van der Waals surface area contributed by atoms with E-state index in [1.54, 1.807) is 30.3 Å². The Morgan fingerprint density at radius 2 is 1.87 bits per heavy atom. The summed E-state index contributed by atoms with van der Waals surface area (Å²) in [5, 5.41) is 7.28. The van der Waals surface area contributed by atoms with Crippen molar-refractivity contribution in [3.8, 4) is 5.75 Å². The summed E-state index contributed by atoms with van der Waals surface area (Å²) in [5.74, 6) is -1.05. The van der Waals surface area contributed by atoms with Gasteiger partial charge in [-0.15, -0.1) is 0 Å². The predicted octanol–water partition coefficient (Wildman–Crippen LogP) is 3.95. The second kappa shape index (κ2) is 12.9. The molecule has 2 amide bonds. The van der Waals surface area contributed by atoms with Crippen molar-refractivity contribution in [1.29, 1.82) is 0 Å². The Labute approximate surface area is 191 Å². The van der Waals surface area contributed by atoms with Crippen molar-refractivity contribution in [2.24, 2.45) is 5.10 Å². The Bertz CT molecular complexity index is 919. The highest BCUT2D eigenvalue weighted by atomic mass is 35.5. The van der Waals surface area contributed by atoms with E-state index in [1.807, 2.05) is 26.0 Å². The molecule has 31 heavy (non-hydrogen) atoms. The van der Waals surface area contributed by atoms with Crippen LogP contribution in [0.15, 0.2) is 47.6 Å². The number of carbonyl (C=O) groups excluding carboxylic acids is 2. The number of ether oxygens (including phenoxy) is 2. The number of hydrogen-bond acceptors (Lipinski definition) is 5. The van der Waals surface area contributed by atoms with Crippen molar-refractivity contribution in [2.75, 3.05) is 13.2 Å². The third-order valence-electron chi connectivity index (χ3n) is 3.93. The van der Waals surface area contributed by atoms with Gasteiger partial charge in [-0.2, -0.15) is 5.10 Å². The fraction of sp³-hybridized carbons (Fsp3) is 0.318. The first-order chi connectivity index (χ1) is 14.9. The van der Waals surface area contributed by atoms with Gasteiger partial charge in [-0.25, -0.2) is 5.43 Å². The molecule has 0 aromatic heterocycles. The Morgan fingerprint density at radius 3 is 2.61 bits per heavy atom. The van der Waals surface area contributed by atoms with Gasteiger partial charge in [-0.05, 0) is 50.1 Å². The molecule has 166 valence electrons. The van der Waals surface area contributed by atoms with Crippen LogP contribution in [-0.2, 0) is 20.9 Å². The molecular formula is C22H25Cl2N3O4. The molecule has 2 rings (SSSR count). The highest BCUT2D eigenvalue weighted by Crippen LogP contribution is 2.24. The fourth-order valence-electron chi connectivity index (χ4n) is 2.39. The highest BCUT2D eigenvalue weighted by Gasteiger charge is 2.11. The van der Waals surface area contributed by atoms with Gasteiger partial charge in [-0.1, -0.05) is 41.4 Å². The first-order valence-corrected chi connectivity index (χ1v) is 10.5. The number of nitrogens with zero attached hydrogens (tertiary/aromatic N) is 1. The van der Waals surface area contributed by atoms with Crippen LogP contribution in [0.4, 0.5) is 0 Å². The highest BCUT2D eigenvalue weighted by molar-refractivity contribution is 6.42. The van der Waals surface area contributed by atoms with Crippen LogP contribution in [0.3, 0.4) is 0 Å². The fourth-order valence-corrected chi connectivity index (χ4v) is 2.71. The van der Waals surface area contributed by atoms with E-state index >= 15 is 0 Å². The summed E-state index contributed by atoms with van der Waals surface area (Å²) in [6, 6.07) is 12.4. The van der Waals surface area contributed by atoms with Crippen molar-refractivity contribution < 1.29 is 19.1 Å². The van der Waals surface area contributed by atoms with E-state index in [9.17, 15) is 9.59 Å². The van der Waals surface area contributed by atoms with Gasteiger partial charge < -0.3 is 14.8 Å². The first-order valence-electron chi connectivity index (χ1n) is 9.75. The van der Waals surface area contributed by atoms with Crippen LogP contribution in [0.25, 0.3) is 0 Å². The minimum atomic E-state index is -0.852. The zero-order valence-electron chi connectivity index (χ0n) is 17.4. The van der Waals surface area contributed by atoms with Crippen LogP contribution in [-0.4, -0.2) is 37.3 Å². The van der Waals surface area contributed by atoms with E-state index in [1.165, 1.54) is 6.21 Å². The van der Waals surface area contributed by atoms with Crippen molar-refractivity contribution >= 4 is 41.2 Å². The molecule has 2 aromatic carbocycles. The minimum absolute atomic E-state index is 0.129. The van der Waals surface area contributed by atoms with Crippen LogP contribution in [0, 0.1) is 0 Å². The molecule has 7 nitrogen and oxygen atoms in total. The third kappa shape index (κ3) is 8.96. The summed E-state index contributed by atoms with van der Waals surface area (Å²) in [6.07, 6.45) is 2.15. The second-order valence-corrected chi connectivity index (χ2v) is 7.62. The molecule has 0 heterocycles. The predicted molar refractivity (Wildman–Crippen MR) is 122 cm³/mol. The minimum Gasteiger partial charge on any atom is -0.488 e. The molecule has 0 aliphatic heterocycles. The summed E-state index contributed by atoms with van der Waals surface area (Å²) in [5.41, 5.74) is 3.69. The van der Waals surface area contributed by atoms with Crippen LogP contribution < -0.4 is 15.5 Å². The summed E-state index contributed by atoms with van der Waals surface area (Å²) in [6.45, 7) is 4.99. The molecular weight excluding hydrogens is 441 g/mol. The van der Waals surface area contributed by atoms with Gasteiger partial charge in [-0.3, -0.25) is 9.59 Å². The maximum atomic E-state index is 11.8. The number of halogens is 2. The van der Waals surface area contributed by atoms with Gasteiger partial charge in [0.1, 0.15) is 12.4 Å². The van der Waals surface area contributed by atoms with Crippen molar-refractivity contribution in [3.63, 3.8) is 0 Å². The normalized spacial score (nSPS) is 11.0. The Kier molecular flexibility index (Phi) is 10.3. The number of amides is 2. The lowest BCUT2D eigenvalue weighted by Gasteiger charge is -2.10. The average Bonchev–Trinajstić information content (AvgIpc) is 2.74. The van der Waals surface area contributed by atoms with Crippen LogP contribution in [0.5, 0.6) is 5.75 Å². The molecule has 0 saturated heterocycles. The second-order valence-electron chi connectivity index (χ2n) is 6.80. The molecule has 2 N–H and O–H groups in total. The zero-order chi connectivity index (χ0) is 22.6. The molecule has 2 aromatic rings. The number of hydrazone groups is 1. The van der Waals surface area contributed by atoms with Crippen LogP contribution in [0.2, 0.25) is 10.0 Å². The monoisotopic (exact) mass is 465 g/mol. The number of nitrogens with one attached hydrogen (secondary N) is 2. The molecule has 0 aliphatic carbocycles. The molecule has 0 atom stereocenters. The number of benzene rings is 2. The largest absolute Gasteiger partial charge is 0.488 e. The van der Waals surface area contributed by atoms with Crippen molar-refractivity contribution in [1.82, 2.24) is 10.7 Å². The molecule has 0 aliphatic rings. The van der Waals surface area contributed by atoms with E-state index in [2.05, 4.69) is 15.8 Å². The van der Waals surface area contributed by atoms with Gasteiger partial charge in [0.2, 0.25) is 0 Å². The molecule has 9 heteroatoms. The van der Waals surface area contributed by atoms with Gasteiger partial charge in [0.25, 0.3) is 0 Å². The van der Waals surface area contributed by atoms with Crippen LogP contribution >= 0.6 is 23.2 Å². The lowest BCUT2D eigenvalue weighted by Crippen LogP contribution is -2.38. The van der Waals surface area contributed by atoms with Crippen LogP contribution in [0.1, 0.15) is 31.4 Å². The lowest BCUT2D eigenvalue weighted by atomic mass is 10.2. The summed E-state index contributed by atoms with van der Waals surface area (Å²) in [7, 11) is 0. The molecule has 0 fully saturated rings. The van der Waals surface area contributed by atoms with Crippen molar-refractivity contribution in [3.05, 3.63) is 63.6 Å². The summed E-state index contributed by atoms with van der Waals surface area (Å²) >= 11 is 11.9. The number of hydrogen-bond donors (Lipinski definition) is 2. The third-order valence-corrected chi connectivity index (χ3v) is 4.67. The average molecular weight is 466 g/mol. The quantitative estimate of drug-likeness (QED) is 0.240. The molecule has 0 bridgehead atoms. The van der Waals surface area contributed by atoms with E-state index in [-0.39, 0.29) is 12.7 Å². The Morgan fingerprint density at radius 1 is 1.10 bits per heavy atom. The number of rotatable bonds is 10. The molecule has 0 saturated carbocycles. The first kappa shape index (κ1) is 24.7. The van der Waals surface area contributed by atoms with Gasteiger partial charge >= 0.3 is 11.8 Å². The van der Waals surface area contributed by atoms with Gasteiger partial charge in [0, 0.05) is 18.7 Å².